The SMILES string of the molecule is CC(=O)CC(C)(C)c1c[nH]c2ccc(C#N)cc12. The molecule has 2 aromatic rings. The molecule has 0 spiro atoms. The third-order valence-electron chi connectivity index (χ3n) is 3.23. The van der Waals surface area contributed by atoms with Crippen LogP contribution in [0.5, 0.6) is 0 Å². The summed E-state index contributed by atoms with van der Waals surface area (Å²) >= 11 is 0. The molecule has 92 valence electrons. The van der Waals surface area contributed by atoms with Crippen LogP contribution in [-0.2, 0) is 10.2 Å². The van der Waals surface area contributed by atoms with E-state index in [0.29, 0.717) is 12.0 Å². The summed E-state index contributed by atoms with van der Waals surface area (Å²) in [4.78, 5) is 14.5. The number of aromatic amines is 1. The Balaban J connectivity index is 2.58. The van der Waals surface area contributed by atoms with Crippen LogP contribution in [0.15, 0.2) is 24.4 Å². The standard InChI is InChI=1S/C15H16N2O/c1-10(18)7-15(2,3)13-9-17-14-5-4-11(8-16)6-12(13)14/h4-6,9,17H,7H2,1-3H3. The van der Waals surface area contributed by atoms with E-state index in [1.165, 1.54) is 0 Å². The number of hydrogen-bond donors (Lipinski definition) is 1. The molecule has 0 saturated carbocycles. The van der Waals surface area contributed by atoms with Crippen LogP contribution in [0.3, 0.4) is 0 Å². The molecule has 1 heterocycles. The molecule has 0 aliphatic heterocycles. The number of nitrogens with zero attached hydrogens (tertiary/aromatic N) is 1. The lowest BCUT2D eigenvalue weighted by Crippen LogP contribution is -2.20. The Labute approximate surface area is 106 Å². The van der Waals surface area contributed by atoms with Gasteiger partial charge in [-0.3, -0.25) is 4.79 Å². The lowest BCUT2D eigenvalue weighted by Gasteiger charge is -2.22. The average molecular weight is 240 g/mol. The van der Waals surface area contributed by atoms with E-state index in [2.05, 4.69) is 24.9 Å². The van der Waals surface area contributed by atoms with Crippen molar-refractivity contribution in [1.82, 2.24) is 4.98 Å². The number of benzene rings is 1. The molecule has 1 N–H and O–H groups in total. The average Bonchev–Trinajstić information content (AvgIpc) is 2.70. The van der Waals surface area contributed by atoms with E-state index >= 15 is 0 Å². The first-order chi connectivity index (χ1) is 8.44. The second kappa shape index (κ2) is 4.30. The minimum Gasteiger partial charge on any atom is -0.361 e. The number of H-pyrrole nitrogens is 1. The van der Waals surface area contributed by atoms with E-state index in [-0.39, 0.29) is 11.2 Å². The van der Waals surface area contributed by atoms with Crippen LogP contribution in [0.4, 0.5) is 0 Å². The van der Waals surface area contributed by atoms with Gasteiger partial charge in [0.25, 0.3) is 0 Å². The Kier molecular flexibility index (Phi) is 2.96. The Morgan fingerprint density at radius 2 is 2.17 bits per heavy atom. The summed E-state index contributed by atoms with van der Waals surface area (Å²) in [6.45, 7) is 5.71. The second-order valence-electron chi connectivity index (χ2n) is 5.34. The van der Waals surface area contributed by atoms with Crippen LogP contribution < -0.4 is 0 Å². The molecular weight excluding hydrogens is 224 g/mol. The van der Waals surface area contributed by atoms with Gasteiger partial charge in [0.15, 0.2) is 0 Å². The van der Waals surface area contributed by atoms with Crippen LogP contribution in [0, 0.1) is 11.3 Å². The molecule has 0 aliphatic carbocycles. The number of Topliss-reactive ketones (excluding diaryl/α,β-unsaturated/α-hetero) is 1. The third kappa shape index (κ3) is 2.14. The van der Waals surface area contributed by atoms with Crippen molar-refractivity contribution in [2.24, 2.45) is 0 Å². The molecule has 2 rings (SSSR count). The minimum absolute atomic E-state index is 0.172. The maximum Gasteiger partial charge on any atom is 0.130 e. The molecular formula is C15H16N2O. The summed E-state index contributed by atoms with van der Waals surface area (Å²) in [5, 5.41) is 9.99. The van der Waals surface area contributed by atoms with Gasteiger partial charge in [0.1, 0.15) is 5.78 Å². The van der Waals surface area contributed by atoms with Crippen LogP contribution in [0.1, 0.15) is 38.3 Å². The van der Waals surface area contributed by atoms with Gasteiger partial charge >= 0.3 is 0 Å². The van der Waals surface area contributed by atoms with Crippen molar-refractivity contribution in [3.8, 4) is 6.07 Å². The number of nitriles is 1. The maximum atomic E-state index is 11.4. The molecule has 0 atom stereocenters. The first kappa shape index (κ1) is 12.4. The van der Waals surface area contributed by atoms with Crippen molar-refractivity contribution in [2.75, 3.05) is 0 Å². The highest BCUT2D eigenvalue weighted by Crippen LogP contribution is 2.33. The summed E-state index contributed by atoms with van der Waals surface area (Å²) < 4.78 is 0. The number of ketones is 1. The van der Waals surface area contributed by atoms with E-state index in [0.717, 1.165) is 16.5 Å². The smallest absolute Gasteiger partial charge is 0.130 e. The number of hydrogen-bond acceptors (Lipinski definition) is 2. The zero-order valence-electron chi connectivity index (χ0n) is 10.9. The quantitative estimate of drug-likeness (QED) is 0.894. The van der Waals surface area contributed by atoms with Gasteiger partial charge < -0.3 is 4.98 Å². The first-order valence-corrected chi connectivity index (χ1v) is 5.95. The molecule has 0 amide bonds. The van der Waals surface area contributed by atoms with Gasteiger partial charge in [-0.05, 0) is 36.1 Å². The number of carbonyl (C=O) groups excluding carboxylic acids is 1. The topological polar surface area (TPSA) is 56.6 Å². The molecule has 0 aliphatic rings. The van der Waals surface area contributed by atoms with Crippen LogP contribution in [0.25, 0.3) is 10.9 Å². The van der Waals surface area contributed by atoms with Crippen molar-refractivity contribution in [3.05, 3.63) is 35.5 Å². The first-order valence-electron chi connectivity index (χ1n) is 5.95. The van der Waals surface area contributed by atoms with E-state index < -0.39 is 0 Å². The highest BCUT2D eigenvalue weighted by Gasteiger charge is 2.25. The van der Waals surface area contributed by atoms with Gasteiger partial charge in [0.05, 0.1) is 11.6 Å². The second-order valence-corrected chi connectivity index (χ2v) is 5.34. The van der Waals surface area contributed by atoms with Crippen LogP contribution >= 0.6 is 0 Å². The molecule has 0 fully saturated rings. The number of aromatic nitrogens is 1. The van der Waals surface area contributed by atoms with E-state index in [1.54, 1.807) is 13.0 Å². The third-order valence-corrected chi connectivity index (χ3v) is 3.23. The fraction of sp³-hybridized carbons (Fsp3) is 0.333. The van der Waals surface area contributed by atoms with Gasteiger partial charge in [0.2, 0.25) is 0 Å². The normalized spacial score (nSPS) is 11.4. The maximum absolute atomic E-state index is 11.4. The summed E-state index contributed by atoms with van der Waals surface area (Å²) in [6, 6.07) is 7.72. The molecule has 0 radical (unpaired) electrons. The van der Waals surface area contributed by atoms with Gasteiger partial charge in [-0.1, -0.05) is 13.8 Å². The monoisotopic (exact) mass is 240 g/mol. The summed E-state index contributed by atoms with van der Waals surface area (Å²) in [5.41, 5.74) is 2.51. The van der Waals surface area contributed by atoms with E-state index in [4.69, 9.17) is 5.26 Å². The van der Waals surface area contributed by atoms with Crippen molar-refractivity contribution in [3.63, 3.8) is 0 Å². The predicted molar refractivity (Wildman–Crippen MR) is 71.3 cm³/mol. The Hall–Kier alpha value is -2.08. The number of nitrogens with one attached hydrogen (secondary N) is 1. The van der Waals surface area contributed by atoms with Gasteiger partial charge in [0, 0.05) is 23.5 Å². The van der Waals surface area contributed by atoms with Gasteiger partial charge in [-0.25, -0.2) is 0 Å². The molecule has 3 nitrogen and oxygen atoms in total. The minimum atomic E-state index is -0.224. The summed E-state index contributed by atoms with van der Waals surface area (Å²) in [6.07, 6.45) is 2.44. The van der Waals surface area contributed by atoms with Crippen molar-refractivity contribution in [2.45, 2.75) is 32.6 Å². The van der Waals surface area contributed by atoms with Crippen molar-refractivity contribution in [1.29, 1.82) is 5.26 Å². The number of rotatable bonds is 3. The van der Waals surface area contributed by atoms with Crippen molar-refractivity contribution >= 4 is 16.7 Å². The summed E-state index contributed by atoms with van der Waals surface area (Å²) in [7, 11) is 0. The fourth-order valence-electron chi connectivity index (χ4n) is 2.47. The molecule has 0 unspecified atom stereocenters. The molecule has 18 heavy (non-hydrogen) atoms. The van der Waals surface area contributed by atoms with Crippen LogP contribution in [0.2, 0.25) is 0 Å². The number of fused-ring (bicyclic) bond motifs is 1. The van der Waals surface area contributed by atoms with Crippen LogP contribution in [-0.4, -0.2) is 10.8 Å². The molecule has 1 aromatic carbocycles. The largest absolute Gasteiger partial charge is 0.361 e. The molecule has 3 heteroatoms. The van der Waals surface area contributed by atoms with E-state index in [1.807, 2.05) is 18.3 Å². The Bertz CT molecular complexity index is 644. The summed E-state index contributed by atoms with van der Waals surface area (Å²) in [5.74, 6) is 0.172. The molecule has 1 aromatic heterocycles. The highest BCUT2D eigenvalue weighted by atomic mass is 16.1. The zero-order valence-corrected chi connectivity index (χ0v) is 10.9. The molecule has 0 saturated heterocycles. The highest BCUT2D eigenvalue weighted by molar-refractivity contribution is 5.87. The fourth-order valence-corrected chi connectivity index (χ4v) is 2.47. The Morgan fingerprint density at radius 1 is 1.44 bits per heavy atom. The number of carbonyl (C=O) groups is 1. The predicted octanol–water partition coefficient (Wildman–Crippen LogP) is 3.30. The van der Waals surface area contributed by atoms with Gasteiger partial charge in [-0.2, -0.15) is 5.26 Å². The van der Waals surface area contributed by atoms with Gasteiger partial charge in [-0.15, -0.1) is 0 Å². The lowest BCUT2D eigenvalue weighted by molar-refractivity contribution is -0.118. The van der Waals surface area contributed by atoms with Crippen molar-refractivity contribution < 1.29 is 4.79 Å². The molecule has 0 bridgehead atoms. The lowest BCUT2D eigenvalue weighted by atomic mass is 9.80. The zero-order chi connectivity index (χ0) is 13.3. The van der Waals surface area contributed by atoms with E-state index in [9.17, 15) is 4.79 Å². The Morgan fingerprint density at radius 3 is 2.78 bits per heavy atom.